The molecule has 0 fully saturated rings. The van der Waals surface area contributed by atoms with Crippen LogP contribution in [0.4, 0.5) is 0 Å². The normalized spacial score (nSPS) is 10.7. The second kappa shape index (κ2) is 10.4. The summed E-state index contributed by atoms with van der Waals surface area (Å²) >= 11 is 6.11. The molecule has 0 unspecified atom stereocenters. The summed E-state index contributed by atoms with van der Waals surface area (Å²) in [5, 5.41) is 4.48. The van der Waals surface area contributed by atoms with Crippen LogP contribution in [0, 0.1) is 0 Å². The molecule has 0 heterocycles. The Morgan fingerprint density at radius 3 is 2.67 bits per heavy atom. The van der Waals surface area contributed by atoms with E-state index in [0.717, 1.165) is 12.0 Å². The molecule has 27 heavy (non-hydrogen) atoms. The average molecular weight is 391 g/mol. The third-order valence-electron chi connectivity index (χ3n) is 3.66. The maximum absolute atomic E-state index is 12.1. The van der Waals surface area contributed by atoms with Gasteiger partial charge < -0.3 is 14.2 Å². The Kier molecular flexibility index (Phi) is 7.95. The lowest BCUT2D eigenvalue weighted by molar-refractivity contribution is -0.120. The maximum atomic E-state index is 12.1. The molecule has 0 saturated heterocycles. The third-order valence-corrected chi connectivity index (χ3v) is 4.02. The lowest BCUT2D eigenvalue weighted by atomic mass is 10.1. The van der Waals surface area contributed by atoms with E-state index in [1.165, 1.54) is 6.21 Å². The molecule has 2 aromatic carbocycles. The molecule has 0 aliphatic rings. The first-order valence-electron chi connectivity index (χ1n) is 8.52. The van der Waals surface area contributed by atoms with Crippen molar-refractivity contribution in [1.29, 1.82) is 0 Å². The second-order valence-corrected chi connectivity index (χ2v) is 6.09. The van der Waals surface area contributed by atoms with Crippen molar-refractivity contribution >= 4 is 23.7 Å². The summed E-state index contributed by atoms with van der Waals surface area (Å²) in [5.41, 5.74) is 3.93. The number of carbonyl (C=O) groups is 1. The average Bonchev–Trinajstić information content (AvgIpc) is 2.68. The molecule has 0 spiro atoms. The monoisotopic (exact) mass is 390 g/mol. The van der Waals surface area contributed by atoms with Gasteiger partial charge in [0.2, 0.25) is 5.91 Å². The minimum absolute atomic E-state index is 0.0977. The molecule has 0 aromatic heterocycles. The highest BCUT2D eigenvalue weighted by Gasteiger charge is 2.08. The van der Waals surface area contributed by atoms with Gasteiger partial charge in [-0.3, -0.25) is 4.79 Å². The standard InChI is InChI=1S/C20H23ClN2O4/c1-4-9-27-18-8-5-14(10-19(18)26-3)13-22-23-20(24)12-15-11-16(25-2)6-7-17(15)21/h5-8,10-11,13H,4,9,12H2,1-3H3,(H,23,24)/b22-13+. The van der Waals surface area contributed by atoms with E-state index in [1.54, 1.807) is 38.5 Å². The number of rotatable bonds is 9. The molecular weight excluding hydrogens is 368 g/mol. The summed E-state index contributed by atoms with van der Waals surface area (Å²) < 4.78 is 16.1. The number of methoxy groups -OCH3 is 2. The second-order valence-electron chi connectivity index (χ2n) is 5.69. The minimum atomic E-state index is -0.281. The molecule has 0 aliphatic carbocycles. The van der Waals surface area contributed by atoms with Crippen LogP contribution < -0.4 is 19.6 Å². The number of hydrogen-bond acceptors (Lipinski definition) is 5. The number of nitrogens with zero attached hydrogens (tertiary/aromatic N) is 1. The van der Waals surface area contributed by atoms with Gasteiger partial charge in [-0.15, -0.1) is 0 Å². The van der Waals surface area contributed by atoms with E-state index in [2.05, 4.69) is 10.5 Å². The topological polar surface area (TPSA) is 69.2 Å². The summed E-state index contributed by atoms with van der Waals surface area (Å²) in [6.45, 7) is 2.65. The zero-order valence-electron chi connectivity index (χ0n) is 15.6. The molecule has 144 valence electrons. The summed E-state index contributed by atoms with van der Waals surface area (Å²) in [7, 11) is 3.14. The van der Waals surface area contributed by atoms with Crippen LogP contribution in [0.3, 0.4) is 0 Å². The molecule has 0 atom stereocenters. The Hall–Kier alpha value is -2.73. The van der Waals surface area contributed by atoms with E-state index < -0.39 is 0 Å². The maximum Gasteiger partial charge on any atom is 0.244 e. The molecule has 2 rings (SSSR count). The number of nitrogens with one attached hydrogen (secondary N) is 1. The quantitative estimate of drug-likeness (QED) is 0.521. The van der Waals surface area contributed by atoms with E-state index in [-0.39, 0.29) is 12.3 Å². The largest absolute Gasteiger partial charge is 0.497 e. The Morgan fingerprint density at radius 1 is 1.15 bits per heavy atom. The summed E-state index contributed by atoms with van der Waals surface area (Å²) in [5.74, 6) is 1.65. The van der Waals surface area contributed by atoms with Crippen molar-refractivity contribution in [2.24, 2.45) is 5.10 Å². The van der Waals surface area contributed by atoms with Crippen LogP contribution in [0.25, 0.3) is 0 Å². The fraction of sp³-hybridized carbons (Fsp3) is 0.300. The van der Waals surface area contributed by atoms with Gasteiger partial charge >= 0.3 is 0 Å². The van der Waals surface area contributed by atoms with Gasteiger partial charge in [-0.25, -0.2) is 5.43 Å². The first-order chi connectivity index (χ1) is 13.1. The smallest absolute Gasteiger partial charge is 0.244 e. The number of carbonyl (C=O) groups excluding carboxylic acids is 1. The van der Waals surface area contributed by atoms with Crippen LogP contribution in [0.15, 0.2) is 41.5 Å². The van der Waals surface area contributed by atoms with Gasteiger partial charge in [0, 0.05) is 5.02 Å². The van der Waals surface area contributed by atoms with Crippen LogP contribution >= 0.6 is 11.6 Å². The SMILES string of the molecule is CCCOc1ccc(/C=N/NC(=O)Cc2cc(OC)ccc2Cl)cc1OC. The third kappa shape index (κ3) is 6.18. The molecular formula is C20H23ClN2O4. The van der Waals surface area contributed by atoms with Gasteiger partial charge in [0.15, 0.2) is 11.5 Å². The molecule has 2 aromatic rings. The number of halogens is 1. The number of benzene rings is 2. The van der Waals surface area contributed by atoms with Crippen molar-refractivity contribution in [2.75, 3.05) is 20.8 Å². The fourth-order valence-electron chi connectivity index (χ4n) is 2.30. The zero-order chi connectivity index (χ0) is 19.6. The lowest BCUT2D eigenvalue weighted by Gasteiger charge is -2.10. The van der Waals surface area contributed by atoms with Gasteiger partial charge in [0.25, 0.3) is 0 Å². The number of hydrogen-bond donors (Lipinski definition) is 1. The predicted molar refractivity (Wildman–Crippen MR) is 106 cm³/mol. The van der Waals surface area contributed by atoms with Crippen molar-refractivity contribution in [2.45, 2.75) is 19.8 Å². The van der Waals surface area contributed by atoms with E-state index >= 15 is 0 Å². The Morgan fingerprint density at radius 2 is 1.96 bits per heavy atom. The van der Waals surface area contributed by atoms with Crippen molar-refractivity contribution in [3.05, 3.63) is 52.5 Å². The van der Waals surface area contributed by atoms with Crippen LogP contribution in [0.2, 0.25) is 5.02 Å². The highest BCUT2D eigenvalue weighted by atomic mass is 35.5. The van der Waals surface area contributed by atoms with Crippen molar-refractivity contribution in [1.82, 2.24) is 5.43 Å². The van der Waals surface area contributed by atoms with Crippen LogP contribution in [-0.2, 0) is 11.2 Å². The molecule has 0 aliphatic heterocycles. The molecule has 0 radical (unpaired) electrons. The Labute approximate surface area is 164 Å². The number of amides is 1. The van der Waals surface area contributed by atoms with Gasteiger partial charge in [-0.2, -0.15) is 5.10 Å². The lowest BCUT2D eigenvalue weighted by Crippen LogP contribution is -2.20. The van der Waals surface area contributed by atoms with Gasteiger partial charge in [-0.05, 0) is 53.9 Å². The summed E-state index contributed by atoms with van der Waals surface area (Å²) in [6.07, 6.45) is 2.55. The van der Waals surface area contributed by atoms with Gasteiger partial charge in [0.05, 0.1) is 33.5 Å². The molecule has 0 saturated carbocycles. The van der Waals surface area contributed by atoms with E-state index in [9.17, 15) is 4.79 Å². The molecule has 6 nitrogen and oxygen atoms in total. The Bertz CT molecular complexity index is 809. The highest BCUT2D eigenvalue weighted by molar-refractivity contribution is 6.31. The van der Waals surface area contributed by atoms with Crippen molar-refractivity contribution < 1.29 is 19.0 Å². The first-order valence-corrected chi connectivity index (χ1v) is 8.90. The van der Waals surface area contributed by atoms with E-state index in [0.29, 0.717) is 34.4 Å². The highest BCUT2D eigenvalue weighted by Crippen LogP contribution is 2.27. The molecule has 0 bridgehead atoms. The predicted octanol–water partition coefficient (Wildman–Crippen LogP) is 3.84. The van der Waals surface area contributed by atoms with Crippen molar-refractivity contribution in [3.8, 4) is 17.2 Å². The summed E-state index contributed by atoms with van der Waals surface area (Å²) in [4.78, 5) is 12.1. The van der Waals surface area contributed by atoms with Crippen LogP contribution in [-0.4, -0.2) is 32.9 Å². The summed E-state index contributed by atoms with van der Waals surface area (Å²) in [6, 6.07) is 10.6. The first kappa shape index (κ1) is 20.6. The number of ether oxygens (including phenoxy) is 3. The molecule has 7 heteroatoms. The Balaban J connectivity index is 1.97. The molecule has 1 amide bonds. The van der Waals surface area contributed by atoms with E-state index in [4.69, 9.17) is 25.8 Å². The van der Waals surface area contributed by atoms with Crippen LogP contribution in [0.5, 0.6) is 17.2 Å². The molecule has 1 N–H and O–H groups in total. The van der Waals surface area contributed by atoms with Gasteiger partial charge in [0.1, 0.15) is 5.75 Å². The van der Waals surface area contributed by atoms with Crippen molar-refractivity contribution in [3.63, 3.8) is 0 Å². The fourth-order valence-corrected chi connectivity index (χ4v) is 2.48. The van der Waals surface area contributed by atoms with Gasteiger partial charge in [-0.1, -0.05) is 18.5 Å². The zero-order valence-corrected chi connectivity index (χ0v) is 16.4. The van der Waals surface area contributed by atoms with E-state index in [1.807, 2.05) is 19.1 Å². The minimum Gasteiger partial charge on any atom is -0.497 e. The number of hydrazone groups is 1. The van der Waals surface area contributed by atoms with Crippen LogP contribution in [0.1, 0.15) is 24.5 Å².